The molecule has 0 fully saturated rings. The molecule has 0 saturated carbocycles. The van der Waals surface area contributed by atoms with Gasteiger partial charge in [-0.2, -0.15) is 0 Å². The van der Waals surface area contributed by atoms with Crippen LogP contribution in [0.15, 0.2) is 84.9 Å². The Balaban J connectivity index is 1.77. The molecule has 7 heteroatoms. The lowest BCUT2D eigenvalue weighted by atomic mass is 10.0. The Labute approximate surface area is 204 Å². The minimum absolute atomic E-state index is 0.00554. The molecule has 34 heavy (non-hydrogen) atoms. The van der Waals surface area contributed by atoms with E-state index in [1.807, 2.05) is 60.7 Å². The normalized spacial score (nSPS) is 12.3. The first-order chi connectivity index (χ1) is 16.5. The molecule has 3 aromatic rings. The molecule has 176 valence electrons. The molecule has 0 bridgehead atoms. The maximum absolute atomic E-state index is 13.1. The number of hydrogen-bond donors (Lipinski definition) is 2. The quantitative estimate of drug-likeness (QED) is 0.401. The van der Waals surface area contributed by atoms with Gasteiger partial charge >= 0.3 is 5.97 Å². The Kier molecular flexibility index (Phi) is 9.23. The largest absolute Gasteiger partial charge is 0.466 e. The van der Waals surface area contributed by atoms with E-state index in [1.54, 1.807) is 31.2 Å². The van der Waals surface area contributed by atoms with Gasteiger partial charge in [0, 0.05) is 0 Å². The zero-order chi connectivity index (χ0) is 24.3. The van der Waals surface area contributed by atoms with E-state index in [0.29, 0.717) is 10.6 Å². The van der Waals surface area contributed by atoms with Crippen molar-refractivity contribution in [3.05, 3.63) is 107 Å². The lowest BCUT2D eigenvalue weighted by Gasteiger charge is -2.22. The van der Waals surface area contributed by atoms with Gasteiger partial charge in [-0.15, -0.1) is 0 Å². The van der Waals surface area contributed by atoms with Gasteiger partial charge in [0.1, 0.15) is 0 Å². The molecule has 0 aromatic heterocycles. The summed E-state index contributed by atoms with van der Waals surface area (Å²) in [6, 6.07) is 24.1. The summed E-state index contributed by atoms with van der Waals surface area (Å²) in [6.45, 7) is 2.00. The van der Waals surface area contributed by atoms with Crippen LogP contribution < -0.4 is 10.6 Å². The number of rotatable bonds is 10. The zero-order valence-corrected chi connectivity index (χ0v) is 19.6. The van der Waals surface area contributed by atoms with Crippen LogP contribution in [0.2, 0.25) is 5.02 Å². The van der Waals surface area contributed by atoms with E-state index in [2.05, 4.69) is 10.6 Å². The van der Waals surface area contributed by atoms with Crippen molar-refractivity contribution in [2.75, 3.05) is 6.61 Å². The summed E-state index contributed by atoms with van der Waals surface area (Å²) in [5.41, 5.74) is 1.90. The van der Waals surface area contributed by atoms with E-state index in [1.165, 1.54) is 0 Å². The summed E-state index contributed by atoms with van der Waals surface area (Å²) >= 11 is 6.18. The maximum atomic E-state index is 13.1. The monoisotopic (exact) mass is 478 g/mol. The maximum Gasteiger partial charge on any atom is 0.308 e. The first-order valence-corrected chi connectivity index (χ1v) is 11.5. The second-order valence-corrected chi connectivity index (χ2v) is 8.07. The van der Waals surface area contributed by atoms with E-state index >= 15 is 0 Å². The molecule has 0 heterocycles. The number of amides is 2. The summed E-state index contributed by atoms with van der Waals surface area (Å²) in [5, 5.41) is 6.18. The molecule has 0 aliphatic rings. The highest BCUT2D eigenvalue weighted by Gasteiger charge is 2.24. The molecular weight excluding hydrogens is 452 g/mol. The molecular formula is C27H27ClN2O4. The van der Waals surface area contributed by atoms with E-state index in [-0.39, 0.29) is 31.3 Å². The van der Waals surface area contributed by atoms with Crippen LogP contribution in [0.5, 0.6) is 0 Å². The SMILES string of the molecule is CCOC(=O)CC(NC(=O)CC(NC(=O)c1ccccc1Cl)c1ccccc1)c1ccccc1. The van der Waals surface area contributed by atoms with Crippen LogP contribution in [-0.4, -0.2) is 24.4 Å². The molecule has 0 aliphatic carbocycles. The molecule has 0 aliphatic heterocycles. The van der Waals surface area contributed by atoms with Gasteiger partial charge in [0.25, 0.3) is 5.91 Å². The molecule has 6 nitrogen and oxygen atoms in total. The lowest BCUT2D eigenvalue weighted by molar-refractivity contribution is -0.143. The fourth-order valence-corrected chi connectivity index (χ4v) is 3.80. The van der Waals surface area contributed by atoms with Crippen LogP contribution in [0.1, 0.15) is 53.3 Å². The van der Waals surface area contributed by atoms with Gasteiger partial charge < -0.3 is 15.4 Å². The predicted molar refractivity (Wildman–Crippen MR) is 131 cm³/mol. The molecule has 2 amide bonds. The first kappa shape index (κ1) is 25.0. The van der Waals surface area contributed by atoms with Crippen molar-refractivity contribution < 1.29 is 19.1 Å². The van der Waals surface area contributed by atoms with E-state index < -0.39 is 18.1 Å². The first-order valence-electron chi connectivity index (χ1n) is 11.1. The van der Waals surface area contributed by atoms with Gasteiger partial charge in [-0.3, -0.25) is 14.4 Å². The molecule has 2 unspecified atom stereocenters. The third-order valence-corrected chi connectivity index (χ3v) is 5.56. The van der Waals surface area contributed by atoms with Crippen molar-refractivity contribution in [1.29, 1.82) is 0 Å². The van der Waals surface area contributed by atoms with E-state index in [9.17, 15) is 14.4 Å². The Bertz CT molecular complexity index is 1110. The highest BCUT2D eigenvalue weighted by atomic mass is 35.5. The number of esters is 1. The van der Waals surface area contributed by atoms with Gasteiger partial charge in [-0.05, 0) is 30.2 Å². The standard InChI is InChI=1S/C27H27ClN2O4/c1-2-34-26(32)18-24(20-13-7-4-8-14-20)29-25(31)17-23(19-11-5-3-6-12-19)30-27(33)21-15-9-10-16-22(21)28/h3-16,23-24H,2,17-18H2,1H3,(H,29,31)(H,30,33). The van der Waals surface area contributed by atoms with Crippen LogP contribution in [0.25, 0.3) is 0 Å². The van der Waals surface area contributed by atoms with Crippen molar-refractivity contribution in [2.24, 2.45) is 0 Å². The highest BCUT2D eigenvalue weighted by Crippen LogP contribution is 2.22. The Morgan fingerprint density at radius 3 is 1.85 bits per heavy atom. The van der Waals surface area contributed by atoms with Crippen molar-refractivity contribution in [1.82, 2.24) is 10.6 Å². The summed E-state index contributed by atoms with van der Waals surface area (Å²) in [5.74, 6) is -1.09. The third-order valence-electron chi connectivity index (χ3n) is 5.23. The van der Waals surface area contributed by atoms with Crippen LogP contribution >= 0.6 is 11.6 Å². The Morgan fingerprint density at radius 2 is 1.29 bits per heavy atom. The number of ether oxygens (including phenoxy) is 1. The van der Waals surface area contributed by atoms with Crippen LogP contribution in [-0.2, 0) is 14.3 Å². The van der Waals surface area contributed by atoms with Crippen LogP contribution in [0.3, 0.4) is 0 Å². The molecule has 2 atom stereocenters. The predicted octanol–water partition coefficient (Wildman–Crippen LogP) is 5.01. The molecule has 0 spiro atoms. The molecule has 0 saturated heterocycles. The summed E-state index contributed by atoms with van der Waals surface area (Å²) in [4.78, 5) is 38.1. The molecule has 2 N–H and O–H groups in total. The summed E-state index contributed by atoms with van der Waals surface area (Å²) in [7, 11) is 0. The number of hydrogen-bond acceptors (Lipinski definition) is 4. The van der Waals surface area contributed by atoms with Crippen molar-refractivity contribution in [3.63, 3.8) is 0 Å². The number of halogens is 1. The number of nitrogens with one attached hydrogen (secondary N) is 2. The van der Waals surface area contributed by atoms with E-state index in [4.69, 9.17) is 16.3 Å². The lowest BCUT2D eigenvalue weighted by Crippen LogP contribution is -2.36. The van der Waals surface area contributed by atoms with Crippen molar-refractivity contribution in [2.45, 2.75) is 31.8 Å². The average Bonchev–Trinajstić information content (AvgIpc) is 2.84. The second kappa shape index (κ2) is 12.6. The Hall–Kier alpha value is -3.64. The van der Waals surface area contributed by atoms with Gasteiger partial charge in [0.15, 0.2) is 0 Å². The molecule has 3 aromatic carbocycles. The van der Waals surface area contributed by atoms with Crippen molar-refractivity contribution in [3.8, 4) is 0 Å². The smallest absolute Gasteiger partial charge is 0.308 e. The topological polar surface area (TPSA) is 84.5 Å². The fraction of sp³-hybridized carbons (Fsp3) is 0.222. The van der Waals surface area contributed by atoms with Crippen molar-refractivity contribution >= 4 is 29.4 Å². The van der Waals surface area contributed by atoms with Gasteiger partial charge in [0.2, 0.25) is 5.91 Å². The zero-order valence-electron chi connectivity index (χ0n) is 18.9. The highest BCUT2D eigenvalue weighted by molar-refractivity contribution is 6.33. The minimum atomic E-state index is -0.594. The summed E-state index contributed by atoms with van der Waals surface area (Å²) < 4.78 is 5.08. The van der Waals surface area contributed by atoms with E-state index in [0.717, 1.165) is 11.1 Å². The summed E-state index contributed by atoms with van der Waals surface area (Å²) in [6.07, 6.45) is -0.0159. The number of carbonyl (C=O) groups is 3. The fourth-order valence-electron chi connectivity index (χ4n) is 3.58. The Morgan fingerprint density at radius 1 is 0.765 bits per heavy atom. The second-order valence-electron chi connectivity index (χ2n) is 7.66. The van der Waals surface area contributed by atoms with Gasteiger partial charge in [-0.1, -0.05) is 84.4 Å². The number of carbonyl (C=O) groups excluding carboxylic acids is 3. The number of benzene rings is 3. The average molecular weight is 479 g/mol. The molecule has 3 rings (SSSR count). The third kappa shape index (κ3) is 7.18. The molecule has 0 radical (unpaired) electrons. The van der Waals surface area contributed by atoms with Gasteiger partial charge in [0.05, 0.1) is 42.1 Å². The van der Waals surface area contributed by atoms with Crippen LogP contribution in [0, 0.1) is 0 Å². The minimum Gasteiger partial charge on any atom is -0.466 e. The van der Waals surface area contributed by atoms with Gasteiger partial charge in [-0.25, -0.2) is 0 Å². The van der Waals surface area contributed by atoms with Crippen LogP contribution in [0.4, 0.5) is 0 Å².